The van der Waals surface area contributed by atoms with Crippen LogP contribution in [-0.2, 0) is 50.9 Å². The Kier molecular flexibility index (Phi) is 23.2. The number of nitrogens with two attached hydrogens (primary N) is 2. The lowest BCUT2D eigenvalue weighted by Gasteiger charge is -2.08. The second-order valence-corrected chi connectivity index (χ2v) is 22.4. The molecular weight excluding hydrogens is 1120 g/mol. The number of hydrogen-bond acceptors (Lipinski definition) is 11. The molecule has 8 rings (SSSR count). The Morgan fingerprint density at radius 2 is 0.821 bits per heavy atom. The van der Waals surface area contributed by atoms with Crippen LogP contribution >= 0.6 is 0 Å². The molecule has 422 valence electrons. The van der Waals surface area contributed by atoms with Crippen LogP contribution in [0.25, 0.3) is 0 Å². The molecule has 0 aliphatic carbocycles. The third-order valence-electron chi connectivity index (χ3n) is 11.1. The highest BCUT2D eigenvalue weighted by Crippen LogP contribution is 2.20. The van der Waals surface area contributed by atoms with E-state index < -0.39 is 30.1 Å². The normalized spacial score (nSPS) is 10.8. The molecular formula is C65H55N7O9S3. The molecule has 0 aliphatic heterocycles. The fourth-order valence-electron chi connectivity index (χ4n) is 6.90. The minimum Gasteiger partial charge on any atom is -0.398 e. The summed E-state index contributed by atoms with van der Waals surface area (Å²) in [6.07, 6.45) is 8.60. The number of nitrogen functional groups attached to an aromatic ring is 2. The first-order valence-corrected chi connectivity index (χ1v) is 29.7. The van der Waals surface area contributed by atoms with Gasteiger partial charge in [-0.1, -0.05) is 127 Å². The first-order chi connectivity index (χ1) is 40.4. The van der Waals surface area contributed by atoms with E-state index >= 15 is 0 Å². The van der Waals surface area contributed by atoms with E-state index in [1.165, 1.54) is 79.9 Å². The smallest absolute Gasteiger partial charge is 0.261 e. The van der Waals surface area contributed by atoms with E-state index in [0.717, 1.165) is 5.56 Å². The molecule has 0 unspecified atom stereocenters. The van der Waals surface area contributed by atoms with Gasteiger partial charge in [0.25, 0.3) is 30.1 Å². The molecule has 0 fully saturated rings. The predicted molar refractivity (Wildman–Crippen MR) is 332 cm³/mol. The lowest BCUT2D eigenvalue weighted by atomic mass is 10.1. The maximum absolute atomic E-state index is 12.4. The molecule has 0 saturated carbocycles. The van der Waals surface area contributed by atoms with E-state index in [2.05, 4.69) is 60.3 Å². The maximum Gasteiger partial charge on any atom is 0.261 e. The van der Waals surface area contributed by atoms with Crippen LogP contribution in [-0.4, -0.2) is 49.9 Å². The number of benzene rings is 8. The van der Waals surface area contributed by atoms with Gasteiger partial charge in [0.2, 0.25) is 11.8 Å². The third kappa shape index (κ3) is 21.0. The maximum atomic E-state index is 12.4. The molecule has 9 N–H and O–H groups in total. The zero-order chi connectivity index (χ0) is 60.2. The number of para-hydroxylation sites is 3. The molecule has 0 spiro atoms. The summed E-state index contributed by atoms with van der Waals surface area (Å²) in [5.41, 5.74) is 17.3. The van der Waals surface area contributed by atoms with Gasteiger partial charge in [0, 0.05) is 59.4 Å². The van der Waals surface area contributed by atoms with Crippen LogP contribution in [0.5, 0.6) is 0 Å². The van der Waals surface area contributed by atoms with Gasteiger partial charge in [0.05, 0.1) is 31.7 Å². The Hall–Kier alpha value is -10.9. The molecule has 8 aromatic rings. The number of rotatable bonds is 15. The van der Waals surface area contributed by atoms with Crippen molar-refractivity contribution >= 4 is 81.8 Å². The number of ketones is 1. The molecule has 0 saturated heterocycles. The Morgan fingerprint density at radius 1 is 0.417 bits per heavy atom. The molecule has 84 heavy (non-hydrogen) atoms. The van der Waals surface area contributed by atoms with E-state index in [-0.39, 0.29) is 38.7 Å². The van der Waals surface area contributed by atoms with Crippen molar-refractivity contribution in [1.29, 1.82) is 0 Å². The van der Waals surface area contributed by atoms with Crippen LogP contribution in [0.1, 0.15) is 22.3 Å². The molecule has 16 nitrogen and oxygen atoms in total. The van der Waals surface area contributed by atoms with Gasteiger partial charge in [0.1, 0.15) is 0 Å². The quantitative estimate of drug-likeness (QED) is 0.0289. The van der Waals surface area contributed by atoms with Gasteiger partial charge in [-0.15, -0.1) is 0 Å². The predicted octanol–water partition coefficient (Wildman–Crippen LogP) is 9.55. The second kappa shape index (κ2) is 31.2. The molecule has 19 heteroatoms. The summed E-state index contributed by atoms with van der Waals surface area (Å²) in [6, 6.07) is 58.6. The monoisotopic (exact) mass is 1170 g/mol. The van der Waals surface area contributed by atoms with Crippen molar-refractivity contribution in [1.82, 2.24) is 5.32 Å². The number of hydrogen-bond donors (Lipinski definition) is 7. The Labute approximate surface area is 489 Å². The van der Waals surface area contributed by atoms with Crippen molar-refractivity contribution in [2.24, 2.45) is 0 Å². The van der Waals surface area contributed by atoms with Gasteiger partial charge >= 0.3 is 0 Å². The van der Waals surface area contributed by atoms with E-state index in [4.69, 9.17) is 11.5 Å². The van der Waals surface area contributed by atoms with Crippen molar-refractivity contribution in [2.75, 3.05) is 38.0 Å². The lowest BCUT2D eigenvalue weighted by Crippen LogP contribution is -2.13. The highest BCUT2D eigenvalue weighted by molar-refractivity contribution is 7.93. The summed E-state index contributed by atoms with van der Waals surface area (Å²) in [5.74, 6) is 16.2. The Balaban J connectivity index is 0.000000204. The zero-order valence-corrected chi connectivity index (χ0v) is 47.4. The van der Waals surface area contributed by atoms with Crippen molar-refractivity contribution in [2.45, 2.75) is 21.1 Å². The van der Waals surface area contributed by atoms with Crippen molar-refractivity contribution in [3.8, 4) is 35.5 Å². The SMILES string of the molecule is CNC(=O)/C=C/C#Cc1ccc(NS(=O)(=O)c2ccccc2)cc1.Nc1ccccc1CC(=O)/C=C/C#Cc1cccc(NS(=O)(=O)c2ccccc2)c1.Nc1ccccc1NC(=O)/C=C/C#Cc1ccc(NS(=O)(=O)c2ccccc2)cc1. The fraction of sp³-hybridized carbons (Fsp3) is 0.0308. The molecule has 2 amide bonds. The molecule has 8 aromatic carbocycles. The number of allylic oxidation sites excluding steroid dienone is 4. The first-order valence-electron chi connectivity index (χ1n) is 25.2. The number of sulfonamides is 3. The summed E-state index contributed by atoms with van der Waals surface area (Å²) in [4.78, 5) is 35.5. The molecule has 0 atom stereocenters. The van der Waals surface area contributed by atoms with Crippen LogP contribution in [0.3, 0.4) is 0 Å². The number of likely N-dealkylation sites (N-methyl/N-ethyl adjacent to an activating group) is 1. The van der Waals surface area contributed by atoms with Gasteiger partial charge in [-0.3, -0.25) is 28.5 Å². The lowest BCUT2D eigenvalue weighted by molar-refractivity contribution is -0.116. The van der Waals surface area contributed by atoms with Gasteiger partial charge < -0.3 is 22.1 Å². The first kappa shape index (κ1) is 62.3. The average Bonchev–Trinajstić information content (AvgIpc) is 3.70. The van der Waals surface area contributed by atoms with Crippen LogP contribution in [0.2, 0.25) is 0 Å². The molecule has 0 radical (unpaired) electrons. The van der Waals surface area contributed by atoms with Gasteiger partial charge in [-0.2, -0.15) is 0 Å². The van der Waals surface area contributed by atoms with Crippen LogP contribution in [0.15, 0.2) is 263 Å². The van der Waals surface area contributed by atoms with Crippen LogP contribution in [0.4, 0.5) is 34.1 Å². The molecule has 0 aromatic heterocycles. The van der Waals surface area contributed by atoms with Crippen molar-refractivity contribution in [3.05, 3.63) is 271 Å². The number of anilines is 6. The zero-order valence-electron chi connectivity index (χ0n) is 44.9. The van der Waals surface area contributed by atoms with E-state index in [0.29, 0.717) is 50.8 Å². The third-order valence-corrected chi connectivity index (χ3v) is 15.3. The topological polar surface area (TPSA) is 266 Å². The Morgan fingerprint density at radius 3 is 1.29 bits per heavy atom. The standard InChI is InChI=1S/C24H20N2O3S.C23H19N3O3S.C18H16N2O3S/c25-24-16-7-5-11-20(24)18-22(27)13-6-4-9-19-10-8-12-21(17-19)26-30(28,29)23-14-2-1-3-15-23;24-21-11-5-6-12-22(21)25-23(27)13-7-4-8-18-14-16-19(17-15-18)26-30(28,29)20-9-2-1-3-10-20;1-19-18(21)10-6-5-7-15-11-13-16(14-12-15)20-24(22,23)17-8-3-2-4-9-17/h1-3,5-8,10-17,26H,18,25H2;1-3,5-7,9-17,26H,24H2,(H,25,27);2-4,6,8-14,20H,1H3,(H,19,21)/b13-6+;13-7+;10-6+. The molecule has 0 aliphatic rings. The number of nitrogens with one attached hydrogen (secondary N) is 5. The molecule has 0 heterocycles. The highest BCUT2D eigenvalue weighted by Gasteiger charge is 2.16. The molecule has 0 bridgehead atoms. The highest BCUT2D eigenvalue weighted by atomic mass is 32.2. The summed E-state index contributed by atoms with van der Waals surface area (Å²) >= 11 is 0. The minimum absolute atomic E-state index is 0.105. The van der Waals surface area contributed by atoms with Crippen LogP contribution in [0, 0.1) is 35.5 Å². The average molecular weight is 1170 g/mol. The largest absolute Gasteiger partial charge is 0.398 e. The van der Waals surface area contributed by atoms with E-state index in [9.17, 15) is 39.6 Å². The van der Waals surface area contributed by atoms with Gasteiger partial charge in [-0.05, 0) is 151 Å². The number of carbonyl (C=O) groups is 3. The number of amides is 2. The fourth-order valence-corrected chi connectivity index (χ4v) is 10.1. The summed E-state index contributed by atoms with van der Waals surface area (Å²) < 4.78 is 81.4. The Bertz CT molecular complexity index is 4220. The van der Waals surface area contributed by atoms with Gasteiger partial charge in [-0.25, -0.2) is 25.3 Å². The summed E-state index contributed by atoms with van der Waals surface area (Å²) in [6.45, 7) is 0. The minimum atomic E-state index is -3.67. The van der Waals surface area contributed by atoms with E-state index in [1.54, 1.807) is 158 Å². The van der Waals surface area contributed by atoms with Crippen molar-refractivity contribution < 1.29 is 39.6 Å². The summed E-state index contributed by atoms with van der Waals surface area (Å²) in [5, 5.41) is 5.12. The van der Waals surface area contributed by atoms with Gasteiger partial charge in [0.15, 0.2) is 5.78 Å². The van der Waals surface area contributed by atoms with Crippen molar-refractivity contribution in [3.63, 3.8) is 0 Å². The number of carbonyl (C=O) groups excluding carboxylic acids is 3. The summed E-state index contributed by atoms with van der Waals surface area (Å²) in [7, 11) is -9.37. The second-order valence-electron chi connectivity index (χ2n) is 17.3. The van der Waals surface area contributed by atoms with E-state index in [1.807, 2.05) is 18.2 Å². The van der Waals surface area contributed by atoms with Crippen LogP contribution < -0.4 is 36.3 Å².